The van der Waals surface area contributed by atoms with Crippen LogP contribution in [0.1, 0.15) is 18.4 Å². The summed E-state index contributed by atoms with van der Waals surface area (Å²) in [7, 11) is 2.19. The normalized spacial score (nSPS) is 20.0. The van der Waals surface area contributed by atoms with Crippen molar-refractivity contribution in [1.29, 1.82) is 0 Å². The Morgan fingerprint density at radius 3 is 2.94 bits per heavy atom. The molecule has 1 aromatic rings. The number of ether oxygens (including phenoxy) is 1. The number of rotatable bonds is 5. The lowest BCUT2D eigenvalue weighted by Crippen LogP contribution is -2.32. The van der Waals surface area contributed by atoms with E-state index in [-0.39, 0.29) is 0 Å². The molecule has 1 aliphatic heterocycles. The minimum Gasteiger partial charge on any atom is -0.399 e. The van der Waals surface area contributed by atoms with Gasteiger partial charge in [0.05, 0.1) is 6.61 Å². The van der Waals surface area contributed by atoms with E-state index in [1.165, 1.54) is 12.0 Å². The van der Waals surface area contributed by atoms with Gasteiger partial charge in [-0.3, -0.25) is 0 Å². The number of para-hydroxylation sites is 1. The van der Waals surface area contributed by atoms with E-state index >= 15 is 0 Å². The smallest absolute Gasteiger partial charge is 0.0622 e. The number of hydrogen-bond donors (Lipinski definition) is 1. The predicted octanol–water partition coefficient (Wildman–Crippen LogP) is 1.92. The van der Waals surface area contributed by atoms with Gasteiger partial charge in [0, 0.05) is 18.3 Å². The van der Waals surface area contributed by atoms with Crippen molar-refractivity contribution in [2.75, 3.05) is 32.5 Å². The van der Waals surface area contributed by atoms with Crippen LogP contribution in [0, 0.1) is 0 Å². The summed E-state index contributed by atoms with van der Waals surface area (Å²) in [6, 6.07) is 8.75. The number of nitrogens with zero attached hydrogens (tertiary/aromatic N) is 1. The first-order chi connectivity index (χ1) is 8.27. The summed E-state index contributed by atoms with van der Waals surface area (Å²) in [4.78, 5) is 2.41. The molecule has 0 amide bonds. The standard InChI is InChI=1S/C14H22N2O/c1-16(13-8-10-17-11-13)9-4-6-12-5-2-3-7-14(12)15/h2-3,5,7,13H,4,6,8-11,15H2,1H3. The van der Waals surface area contributed by atoms with Gasteiger partial charge in [-0.2, -0.15) is 0 Å². The molecule has 0 aliphatic carbocycles. The lowest BCUT2D eigenvalue weighted by Gasteiger charge is -2.22. The molecule has 1 fully saturated rings. The van der Waals surface area contributed by atoms with Crippen LogP contribution in [0.3, 0.4) is 0 Å². The molecule has 0 saturated carbocycles. The summed E-state index contributed by atoms with van der Waals surface area (Å²) < 4.78 is 5.40. The van der Waals surface area contributed by atoms with Crippen LogP contribution in [0.5, 0.6) is 0 Å². The van der Waals surface area contributed by atoms with Crippen LogP contribution in [0.25, 0.3) is 0 Å². The van der Waals surface area contributed by atoms with Gasteiger partial charge in [-0.25, -0.2) is 0 Å². The molecule has 1 heterocycles. The minimum atomic E-state index is 0.614. The van der Waals surface area contributed by atoms with E-state index in [2.05, 4.69) is 24.1 Å². The van der Waals surface area contributed by atoms with Crippen LogP contribution in [-0.4, -0.2) is 37.7 Å². The molecule has 94 valence electrons. The van der Waals surface area contributed by atoms with Crippen LogP contribution in [0.2, 0.25) is 0 Å². The molecule has 3 heteroatoms. The molecule has 2 rings (SSSR count). The summed E-state index contributed by atoms with van der Waals surface area (Å²) in [6.07, 6.45) is 3.38. The Morgan fingerprint density at radius 1 is 1.41 bits per heavy atom. The second kappa shape index (κ2) is 6.03. The summed E-state index contributed by atoms with van der Waals surface area (Å²) in [5.41, 5.74) is 8.11. The summed E-state index contributed by atoms with van der Waals surface area (Å²) in [5, 5.41) is 0. The minimum absolute atomic E-state index is 0.614. The van der Waals surface area contributed by atoms with Crippen LogP contribution < -0.4 is 5.73 Å². The molecular formula is C14H22N2O. The van der Waals surface area contributed by atoms with Crippen LogP contribution in [-0.2, 0) is 11.2 Å². The van der Waals surface area contributed by atoms with Gasteiger partial charge in [0.1, 0.15) is 0 Å². The molecule has 1 aliphatic rings. The lowest BCUT2D eigenvalue weighted by molar-refractivity contribution is 0.159. The van der Waals surface area contributed by atoms with Crippen molar-refractivity contribution in [1.82, 2.24) is 4.90 Å². The van der Waals surface area contributed by atoms with Gasteiger partial charge in [-0.1, -0.05) is 18.2 Å². The number of benzene rings is 1. The Balaban J connectivity index is 1.74. The molecule has 1 aromatic carbocycles. The van der Waals surface area contributed by atoms with E-state index in [0.29, 0.717) is 6.04 Å². The number of likely N-dealkylation sites (N-methyl/N-ethyl adjacent to an activating group) is 1. The first-order valence-electron chi connectivity index (χ1n) is 6.39. The highest BCUT2D eigenvalue weighted by atomic mass is 16.5. The number of nitrogens with two attached hydrogens (primary N) is 1. The number of aryl methyl sites for hydroxylation is 1. The SMILES string of the molecule is CN(CCCc1ccccc1N)C1CCOC1. The molecule has 1 atom stereocenters. The van der Waals surface area contributed by atoms with E-state index < -0.39 is 0 Å². The van der Waals surface area contributed by atoms with Gasteiger partial charge in [0.15, 0.2) is 0 Å². The van der Waals surface area contributed by atoms with E-state index in [4.69, 9.17) is 10.5 Å². The fraction of sp³-hybridized carbons (Fsp3) is 0.571. The van der Waals surface area contributed by atoms with E-state index in [1.807, 2.05) is 12.1 Å². The van der Waals surface area contributed by atoms with Crippen molar-refractivity contribution in [2.45, 2.75) is 25.3 Å². The lowest BCUT2D eigenvalue weighted by atomic mass is 10.1. The number of anilines is 1. The topological polar surface area (TPSA) is 38.5 Å². The van der Waals surface area contributed by atoms with E-state index in [0.717, 1.165) is 38.3 Å². The monoisotopic (exact) mass is 234 g/mol. The maximum Gasteiger partial charge on any atom is 0.0622 e. The molecule has 0 bridgehead atoms. The second-order valence-corrected chi connectivity index (χ2v) is 4.80. The van der Waals surface area contributed by atoms with E-state index in [1.54, 1.807) is 0 Å². The van der Waals surface area contributed by atoms with Crippen molar-refractivity contribution >= 4 is 5.69 Å². The highest BCUT2D eigenvalue weighted by molar-refractivity contribution is 5.46. The maximum atomic E-state index is 5.93. The first-order valence-corrected chi connectivity index (χ1v) is 6.39. The van der Waals surface area contributed by atoms with Crippen LogP contribution >= 0.6 is 0 Å². The molecule has 0 spiro atoms. The quantitative estimate of drug-likeness (QED) is 0.791. The molecular weight excluding hydrogens is 212 g/mol. The fourth-order valence-corrected chi connectivity index (χ4v) is 2.33. The second-order valence-electron chi connectivity index (χ2n) is 4.80. The van der Waals surface area contributed by atoms with Crippen LogP contribution in [0.15, 0.2) is 24.3 Å². The Bertz CT molecular complexity index is 348. The van der Waals surface area contributed by atoms with E-state index in [9.17, 15) is 0 Å². The molecule has 0 aromatic heterocycles. The number of hydrogen-bond acceptors (Lipinski definition) is 3. The zero-order valence-corrected chi connectivity index (χ0v) is 10.6. The summed E-state index contributed by atoms with van der Waals surface area (Å²) in [6.45, 7) is 2.92. The highest BCUT2D eigenvalue weighted by Gasteiger charge is 2.19. The summed E-state index contributed by atoms with van der Waals surface area (Å²) >= 11 is 0. The maximum absolute atomic E-state index is 5.93. The Kier molecular flexibility index (Phi) is 4.40. The van der Waals surface area contributed by atoms with Crippen molar-refractivity contribution in [2.24, 2.45) is 0 Å². The molecule has 2 N–H and O–H groups in total. The highest BCUT2D eigenvalue weighted by Crippen LogP contribution is 2.14. The fourth-order valence-electron chi connectivity index (χ4n) is 2.33. The zero-order valence-electron chi connectivity index (χ0n) is 10.6. The van der Waals surface area contributed by atoms with Gasteiger partial charge in [0.25, 0.3) is 0 Å². The van der Waals surface area contributed by atoms with Crippen molar-refractivity contribution < 1.29 is 4.74 Å². The molecule has 0 radical (unpaired) electrons. The molecule has 1 saturated heterocycles. The van der Waals surface area contributed by atoms with Crippen molar-refractivity contribution in [3.05, 3.63) is 29.8 Å². The van der Waals surface area contributed by atoms with Crippen molar-refractivity contribution in [3.63, 3.8) is 0 Å². The molecule has 17 heavy (non-hydrogen) atoms. The Labute approximate surface area is 104 Å². The third kappa shape index (κ3) is 3.45. The first kappa shape index (κ1) is 12.4. The van der Waals surface area contributed by atoms with Gasteiger partial charge >= 0.3 is 0 Å². The van der Waals surface area contributed by atoms with Gasteiger partial charge in [-0.15, -0.1) is 0 Å². The average molecular weight is 234 g/mol. The average Bonchev–Trinajstić information content (AvgIpc) is 2.85. The number of nitrogen functional groups attached to an aromatic ring is 1. The van der Waals surface area contributed by atoms with Gasteiger partial charge in [-0.05, 0) is 44.5 Å². The largest absolute Gasteiger partial charge is 0.399 e. The predicted molar refractivity (Wildman–Crippen MR) is 71.0 cm³/mol. The Hall–Kier alpha value is -1.06. The molecule has 1 unspecified atom stereocenters. The van der Waals surface area contributed by atoms with Crippen molar-refractivity contribution in [3.8, 4) is 0 Å². The van der Waals surface area contributed by atoms with Gasteiger partial charge < -0.3 is 15.4 Å². The third-order valence-electron chi connectivity index (χ3n) is 3.54. The third-order valence-corrected chi connectivity index (χ3v) is 3.54. The zero-order chi connectivity index (χ0) is 12.1. The summed E-state index contributed by atoms with van der Waals surface area (Å²) in [5.74, 6) is 0. The molecule has 3 nitrogen and oxygen atoms in total. The Morgan fingerprint density at radius 2 is 2.24 bits per heavy atom. The van der Waals surface area contributed by atoms with Crippen LogP contribution in [0.4, 0.5) is 5.69 Å². The van der Waals surface area contributed by atoms with Gasteiger partial charge in [0.2, 0.25) is 0 Å².